The van der Waals surface area contributed by atoms with Crippen molar-refractivity contribution in [3.63, 3.8) is 0 Å². The molecule has 1 heterocycles. The number of ether oxygens (including phenoxy) is 1. The standard InChI is InChI=1S/C23H37N3O3Si/c1-8-28-22(27)19-16-25-26(21(19)24)17(2)14-15-20(18-12-10-9-11-13-18)29-30(6,7)23(3,4)5/h9-13,16-17,20H,8,14-15,24H2,1-7H3. The Balaban J connectivity index is 2.17. The third kappa shape index (κ3) is 5.73. The van der Waals surface area contributed by atoms with E-state index in [1.807, 2.05) is 6.07 Å². The molecular formula is C23H37N3O3Si. The van der Waals surface area contributed by atoms with Crippen molar-refractivity contribution in [3.8, 4) is 0 Å². The molecule has 0 saturated carbocycles. The molecule has 6 nitrogen and oxygen atoms in total. The Morgan fingerprint density at radius 3 is 2.40 bits per heavy atom. The number of hydrogen-bond acceptors (Lipinski definition) is 5. The van der Waals surface area contributed by atoms with Gasteiger partial charge in [0.05, 0.1) is 24.9 Å². The van der Waals surface area contributed by atoms with E-state index in [0.717, 1.165) is 12.8 Å². The summed E-state index contributed by atoms with van der Waals surface area (Å²) < 4.78 is 13.6. The molecule has 0 amide bonds. The molecule has 1 aromatic carbocycles. The molecule has 166 valence electrons. The number of carbonyl (C=O) groups excluding carboxylic acids is 1. The van der Waals surface area contributed by atoms with Gasteiger partial charge in [-0.25, -0.2) is 9.48 Å². The molecule has 0 bridgehead atoms. The van der Waals surface area contributed by atoms with Gasteiger partial charge in [0.2, 0.25) is 0 Å². The van der Waals surface area contributed by atoms with Gasteiger partial charge in [0.25, 0.3) is 0 Å². The fourth-order valence-corrected chi connectivity index (χ4v) is 4.42. The Hall–Kier alpha value is -2.12. The average Bonchev–Trinajstić information content (AvgIpc) is 3.06. The molecule has 0 saturated heterocycles. The molecule has 30 heavy (non-hydrogen) atoms. The highest BCUT2D eigenvalue weighted by atomic mass is 28.4. The van der Waals surface area contributed by atoms with Gasteiger partial charge in [0.15, 0.2) is 8.32 Å². The summed E-state index contributed by atoms with van der Waals surface area (Å²) in [6.07, 6.45) is 3.16. The van der Waals surface area contributed by atoms with Crippen LogP contribution in [-0.4, -0.2) is 30.7 Å². The van der Waals surface area contributed by atoms with Crippen molar-refractivity contribution in [3.05, 3.63) is 47.7 Å². The van der Waals surface area contributed by atoms with Crippen LogP contribution in [0.4, 0.5) is 5.82 Å². The quantitative estimate of drug-likeness (QED) is 0.404. The largest absolute Gasteiger partial charge is 0.462 e. The number of nitrogens with zero attached hydrogens (tertiary/aromatic N) is 2. The van der Waals surface area contributed by atoms with Crippen LogP contribution in [0.15, 0.2) is 36.5 Å². The Morgan fingerprint density at radius 1 is 1.20 bits per heavy atom. The summed E-state index contributed by atoms with van der Waals surface area (Å²) in [6.45, 7) is 15.5. The van der Waals surface area contributed by atoms with Crippen LogP contribution in [-0.2, 0) is 9.16 Å². The molecule has 2 unspecified atom stereocenters. The Bertz CT molecular complexity index is 828. The first-order valence-electron chi connectivity index (χ1n) is 10.7. The molecule has 0 aliphatic heterocycles. The Morgan fingerprint density at radius 2 is 1.83 bits per heavy atom. The highest BCUT2D eigenvalue weighted by Gasteiger charge is 2.39. The van der Waals surface area contributed by atoms with Gasteiger partial charge in [-0.3, -0.25) is 0 Å². The summed E-state index contributed by atoms with van der Waals surface area (Å²) in [5.41, 5.74) is 7.70. The van der Waals surface area contributed by atoms with Gasteiger partial charge in [0.1, 0.15) is 11.4 Å². The van der Waals surface area contributed by atoms with Gasteiger partial charge < -0.3 is 14.9 Å². The summed E-state index contributed by atoms with van der Waals surface area (Å²) in [5, 5.41) is 4.47. The monoisotopic (exact) mass is 431 g/mol. The number of carbonyl (C=O) groups is 1. The topological polar surface area (TPSA) is 79.4 Å². The third-order valence-corrected chi connectivity index (χ3v) is 10.5. The summed E-state index contributed by atoms with van der Waals surface area (Å²) >= 11 is 0. The maximum Gasteiger partial charge on any atom is 0.343 e. The summed E-state index contributed by atoms with van der Waals surface area (Å²) in [5.74, 6) is -0.0839. The molecule has 1 aromatic heterocycles. The van der Waals surface area contributed by atoms with E-state index >= 15 is 0 Å². The minimum atomic E-state index is -1.94. The Kier molecular flexibility index (Phi) is 7.88. The second kappa shape index (κ2) is 9.79. The molecule has 2 rings (SSSR count). The van der Waals surface area contributed by atoms with Gasteiger partial charge in [-0.2, -0.15) is 5.10 Å². The van der Waals surface area contributed by atoms with Crippen LogP contribution in [0, 0.1) is 0 Å². The van der Waals surface area contributed by atoms with Gasteiger partial charge in [-0.15, -0.1) is 0 Å². The van der Waals surface area contributed by atoms with Crippen molar-refractivity contribution >= 4 is 20.1 Å². The summed E-state index contributed by atoms with van der Waals surface area (Å²) in [4.78, 5) is 12.0. The van der Waals surface area contributed by atoms with E-state index in [0.29, 0.717) is 18.0 Å². The van der Waals surface area contributed by atoms with E-state index in [-0.39, 0.29) is 17.2 Å². The van der Waals surface area contributed by atoms with E-state index in [1.165, 1.54) is 11.8 Å². The van der Waals surface area contributed by atoms with Crippen LogP contribution in [0.5, 0.6) is 0 Å². The molecule has 2 aromatic rings. The highest BCUT2D eigenvalue weighted by molar-refractivity contribution is 6.74. The van der Waals surface area contributed by atoms with Crippen molar-refractivity contribution in [1.29, 1.82) is 0 Å². The number of nitrogens with two attached hydrogens (primary N) is 1. The zero-order valence-electron chi connectivity index (χ0n) is 19.4. The Labute approximate surface area is 181 Å². The van der Waals surface area contributed by atoms with Crippen LogP contribution in [0.25, 0.3) is 0 Å². The first kappa shape index (κ1) is 24.1. The van der Waals surface area contributed by atoms with E-state index in [1.54, 1.807) is 11.6 Å². The van der Waals surface area contributed by atoms with Crippen molar-refractivity contribution < 1.29 is 14.0 Å². The van der Waals surface area contributed by atoms with Crippen LogP contribution in [0.1, 0.15) is 75.5 Å². The predicted octanol–water partition coefficient (Wildman–Crippen LogP) is 5.75. The lowest BCUT2D eigenvalue weighted by atomic mass is 10.0. The lowest BCUT2D eigenvalue weighted by Gasteiger charge is -2.39. The second-order valence-electron chi connectivity index (χ2n) is 9.31. The van der Waals surface area contributed by atoms with Crippen LogP contribution < -0.4 is 5.73 Å². The van der Waals surface area contributed by atoms with Crippen molar-refractivity contribution in [2.75, 3.05) is 12.3 Å². The number of aromatic nitrogens is 2. The van der Waals surface area contributed by atoms with Gasteiger partial charge in [-0.05, 0) is 50.4 Å². The smallest absolute Gasteiger partial charge is 0.343 e. The number of benzene rings is 1. The predicted molar refractivity (Wildman–Crippen MR) is 124 cm³/mol. The summed E-state index contributed by atoms with van der Waals surface area (Å²) in [7, 11) is -1.94. The van der Waals surface area contributed by atoms with Gasteiger partial charge in [-0.1, -0.05) is 51.1 Å². The number of hydrogen-bond donors (Lipinski definition) is 1. The van der Waals surface area contributed by atoms with Gasteiger partial charge >= 0.3 is 5.97 Å². The van der Waals surface area contributed by atoms with E-state index in [4.69, 9.17) is 14.9 Å². The number of esters is 1. The van der Waals surface area contributed by atoms with Crippen molar-refractivity contribution in [2.45, 2.75) is 77.7 Å². The summed E-state index contributed by atoms with van der Waals surface area (Å²) in [6, 6.07) is 10.4. The molecule has 0 radical (unpaired) electrons. The fraction of sp³-hybridized carbons (Fsp3) is 0.565. The first-order valence-corrected chi connectivity index (χ1v) is 13.6. The molecule has 2 atom stereocenters. The third-order valence-electron chi connectivity index (χ3n) is 6.01. The molecule has 0 fully saturated rings. The molecule has 0 aliphatic carbocycles. The van der Waals surface area contributed by atoms with Crippen LogP contribution >= 0.6 is 0 Å². The maximum atomic E-state index is 12.0. The fourth-order valence-electron chi connectivity index (χ4n) is 3.10. The second-order valence-corrected chi connectivity index (χ2v) is 14.1. The van der Waals surface area contributed by atoms with Crippen molar-refractivity contribution in [1.82, 2.24) is 9.78 Å². The minimum Gasteiger partial charge on any atom is -0.462 e. The van der Waals surface area contributed by atoms with Crippen molar-refractivity contribution in [2.24, 2.45) is 0 Å². The highest BCUT2D eigenvalue weighted by Crippen LogP contribution is 2.41. The molecular weight excluding hydrogens is 394 g/mol. The van der Waals surface area contributed by atoms with Crippen LogP contribution in [0.2, 0.25) is 18.1 Å². The zero-order chi connectivity index (χ0) is 22.5. The van der Waals surface area contributed by atoms with E-state index in [2.05, 4.69) is 70.2 Å². The molecule has 0 spiro atoms. The van der Waals surface area contributed by atoms with E-state index in [9.17, 15) is 4.79 Å². The van der Waals surface area contributed by atoms with Gasteiger partial charge in [0, 0.05) is 0 Å². The zero-order valence-corrected chi connectivity index (χ0v) is 20.4. The average molecular weight is 432 g/mol. The molecule has 2 N–H and O–H groups in total. The minimum absolute atomic E-state index is 0.0101. The lowest BCUT2D eigenvalue weighted by molar-refractivity contribution is 0.0527. The first-order chi connectivity index (χ1) is 14.0. The lowest BCUT2D eigenvalue weighted by Crippen LogP contribution is -2.41. The number of anilines is 1. The van der Waals surface area contributed by atoms with Crippen LogP contribution in [0.3, 0.4) is 0 Å². The normalized spacial score (nSPS) is 14.4. The number of rotatable bonds is 9. The molecule has 0 aliphatic rings. The SMILES string of the molecule is CCOC(=O)c1cnn(C(C)CCC(O[Si](C)(C)C(C)(C)C)c2ccccc2)c1N. The van der Waals surface area contributed by atoms with E-state index < -0.39 is 14.3 Å². The maximum absolute atomic E-state index is 12.0. The molecule has 7 heteroatoms. The number of nitrogen functional groups attached to an aromatic ring is 1.